The second-order valence-corrected chi connectivity index (χ2v) is 5.77. The third-order valence-electron chi connectivity index (χ3n) is 4.52. The van der Waals surface area contributed by atoms with Crippen molar-refractivity contribution in [1.29, 1.82) is 0 Å². The normalized spacial score (nSPS) is 22.4. The molecule has 1 saturated heterocycles. The Kier molecular flexibility index (Phi) is 3.76. The molecule has 0 N–H and O–H groups in total. The topological polar surface area (TPSA) is 32.8 Å². The van der Waals surface area contributed by atoms with Crippen molar-refractivity contribution in [3.05, 3.63) is 35.9 Å². The van der Waals surface area contributed by atoms with Crippen LogP contribution in [0.25, 0.3) is 0 Å². The van der Waals surface area contributed by atoms with Crippen LogP contribution in [-0.4, -0.2) is 54.6 Å². The molecule has 1 saturated carbocycles. The van der Waals surface area contributed by atoms with Gasteiger partial charge in [-0.3, -0.25) is 14.6 Å². The Morgan fingerprint density at radius 2 is 1.80 bits per heavy atom. The maximum Gasteiger partial charge on any atom is 0.326 e. The molecule has 20 heavy (non-hydrogen) atoms. The molecule has 3 rings (SSSR count). The molecule has 0 radical (unpaired) electrons. The van der Waals surface area contributed by atoms with E-state index in [1.54, 1.807) is 0 Å². The van der Waals surface area contributed by atoms with Crippen LogP contribution < -0.4 is 0 Å². The number of methoxy groups -OCH3 is 1. The third kappa shape index (κ3) is 2.58. The number of esters is 1. The molecule has 2 aliphatic rings. The molecule has 0 atom stereocenters. The summed E-state index contributed by atoms with van der Waals surface area (Å²) in [5.41, 5.74) is 1.07. The summed E-state index contributed by atoms with van der Waals surface area (Å²) >= 11 is 0. The number of hydrogen-bond acceptors (Lipinski definition) is 4. The van der Waals surface area contributed by atoms with Crippen molar-refractivity contribution in [2.75, 3.05) is 33.3 Å². The molecule has 1 aliphatic carbocycles. The van der Waals surface area contributed by atoms with Crippen LogP contribution in [0.5, 0.6) is 0 Å². The molecular weight excluding hydrogens is 252 g/mol. The molecule has 4 nitrogen and oxygen atoms in total. The Labute approximate surface area is 120 Å². The van der Waals surface area contributed by atoms with Gasteiger partial charge in [-0.15, -0.1) is 0 Å². The van der Waals surface area contributed by atoms with Crippen LogP contribution in [0, 0.1) is 0 Å². The highest BCUT2D eigenvalue weighted by atomic mass is 16.5. The lowest BCUT2D eigenvalue weighted by molar-refractivity contribution is -0.149. The zero-order valence-corrected chi connectivity index (χ0v) is 12.0. The Bertz CT molecular complexity index is 463. The molecule has 1 aromatic rings. The van der Waals surface area contributed by atoms with Gasteiger partial charge in [0.2, 0.25) is 0 Å². The molecular formula is C16H22N2O2. The predicted octanol–water partition coefficient (Wildman–Crippen LogP) is 1.51. The van der Waals surface area contributed by atoms with E-state index in [9.17, 15) is 4.79 Å². The number of hydrogen-bond donors (Lipinski definition) is 0. The van der Waals surface area contributed by atoms with Gasteiger partial charge in [-0.25, -0.2) is 0 Å². The zero-order chi connectivity index (χ0) is 14.0. The van der Waals surface area contributed by atoms with E-state index in [1.807, 2.05) is 0 Å². The quantitative estimate of drug-likeness (QED) is 0.779. The van der Waals surface area contributed by atoms with Crippen LogP contribution in [0.15, 0.2) is 30.3 Å². The van der Waals surface area contributed by atoms with Crippen LogP contribution in [0.3, 0.4) is 0 Å². The minimum atomic E-state index is -0.284. The molecule has 4 heteroatoms. The highest BCUT2D eigenvalue weighted by Gasteiger charge is 2.55. The summed E-state index contributed by atoms with van der Waals surface area (Å²) < 4.78 is 4.96. The first-order valence-corrected chi connectivity index (χ1v) is 7.34. The molecule has 0 amide bonds. The van der Waals surface area contributed by atoms with Gasteiger partial charge in [-0.05, 0) is 18.4 Å². The number of rotatable bonds is 4. The summed E-state index contributed by atoms with van der Waals surface area (Å²) in [7, 11) is 1.49. The fraction of sp³-hybridized carbons (Fsp3) is 0.562. The van der Waals surface area contributed by atoms with Crippen LogP contribution in [0.1, 0.15) is 18.4 Å². The van der Waals surface area contributed by atoms with Gasteiger partial charge in [0.05, 0.1) is 7.11 Å². The lowest BCUT2D eigenvalue weighted by Crippen LogP contribution is -2.54. The molecule has 108 valence electrons. The molecule has 0 aromatic heterocycles. The lowest BCUT2D eigenvalue weighted by Gasteiger charge is -2.38. The summed E-state index contributed by atoms with van der Waals surface area (Å²) in [6, 6.07) is 10.6. The van der Waals surface area contributed by atoms with Gasteiger partial charge in [-0.1, -0.05) is 30.3 Å². The van der Waals surface area contributed by atoms with Gasteiger partial charge >= 0.3 is 5.97 Å². The number of ether oxygens (including phenoxy) is 1. The Morgan fingerprint density at radius 3 is 2.35 bits per heavy atom. The van der Waals surface area contributed by atoms with Gasteiger partial charge in [0.1, 0.15) is 5.54 Å². The predicted molar refractivity (Wildman–Crippen MR) is 77.3 cm³/mol. The van der Waals surface area contributed by atoms with Crippen molar-refractivity contribution in [3.8, 4) is 0 Å². The van der Waals surface area contributed by atoms with Crippen LogP contribution in [0.4, 0.5) is 0 Å². The average molecular weight is 274 g/mol. The van der Waals surface area contributed by atoms with E-state index in [0.29, 0.717) is 0 Å². The van der Waals surface area contributed by atoms with E-state index in [0.717, 1.165) is 45.6 Å². The minimum absolute atomic E-state index is 0.0472. The molecule has 0 bridgehead atoms. The monoisotopic (exact) mass is 274 g/mol. The van der Waals surface area contributed by atoms with E-state index < -0.39 is 0 Å². The molecule has 0 unspecified atom stereocenters. The lowest BCUT2D eigenvalue weighted by atomic mass is 10.1. The third-order valence-corrected chi connectivity index (χ3v) is 4.52. The number of carbonyl (C=O) groups is 1. The first-order chi connectivity index (χ1) is 9.74. The SMILES string of the molecule is COC(=O)C1(N2CCN(Cc3ccccc3)CC2)CC1. The molecule has 1 aromatic carbocycles. The van der Waals surface area contributed by atoms with Gasteiger partial charge in [0, 0.05) is 32.7 Å². The standard InChI is InChI=1S/C16H22N2O2/c1-20-15(19)16(7-8-16)18-11-9-17(10-12-18)13-14-5-3-2-4-6-14/h2-6H,7-13H2,1H3. The van der Waals surface area contributed by atoms with Crippen LogP contribution in [0.2, 0.25) is 0 Å². The molecule has 1 heterocycles. The summed E-state index contributed by atoms with van der Waals surface area (Å²) in [6.45, 7) is 4.96. The molecule has 2 fully saturated rings. The fourth-order valence-corrected chi connectivity index (χ4v) is 3.13. The van der Waals surface area contributed by atoms with Crippen molar-refractivity contribution in [2.24, 2.45) is 0 Å². The van der Waals surface area contributed by atoms with E-state index in [4.69, 9.17) is 4.74 Å². The van der Waals surface area contributed by atoms with Crippen LogP contribution in [-0.2, 0) is 16.1 Å². The fourth-order valence-electron chi connectivity index (χ4n) is 3.13. The smallest absolute Gasteiger partial charge is 0.326 e. The number of carbonyl (C=O) groups excluding carboxylic acids is 1. The van der Waals surface area contributed by atoms with Gasteiger partial charge < -0.3 is 4.74 Å². The Hall–Kier alpha value is -1.39. The van der Waals surface area contributed by atoms with Gasteiger partial charge in [0.15, 0.2) is 0 Å². The first-order valence-electron chi connectivity index (χ1n) is 7.34. The molecule has 1 aliphatic heterocycles. The van der Waals surface area contributed by atoms with Crippen LogP contribution >= 0.6 is 0 Å². The van der Waals surface area contributed by atoms with Crippen molar-refractivity contribution < 1.29 is 9.53 Å². The number of nitrogens with zero attached hydrogens (tertiary/aromatic N) is 2. The van der Waals surface area contributed by atoms with E-state index in [-0.39, 0.29) is 11.5 Å². The minimum Gasteiger partial charge on any atom is -0.468 e. The van der Waals surface area contributed by atoms with Crippen molar-refractivity contribution in [2.45, 2.75) is 24.9 Å². The molecule has 0 spiro atoms. The Morgan fingerprint density at radius 1 is 1.15 bits per heavy atom. The maximum atomic E-state index is 11.9. The van der Waals surface area contributed by atoms with Gasteiger partial charge in [-0.2, -0.15) is 0 Å². The summed E-state index contributed by atoms with van der Waals surface area (Å²) in [4.78, 5) is 16.7. The second kappa shape index (κ2) is 5.54. The maximum absolute atomic E-state index is 11.9. The van der Waals surface area contributed by atoms with E-state index in [1.165, 1.54) is 12.7 Å². The Balaban J connectivity index is 1.54. The highest BCUT2D eigenvalue weighted by Crippen LogP contribution is 2.43. The summed E-state index contributed by atoms with van der Waals surface area (Å²) in [6.07, 6.45) is 1.91. The summed E-state index contributed by atoms with van der Waals surface area (Å²) in [5.74, 6) is -0.0472. The first kappa shape index (κ1) is 13.6. The number of benzene rings is 1. The van der Waals surface area contributed by atoms with Crippen molar-refractivity contribution in [1.82, 2.24) is 9.80 Å². The largest absolute Gasteiger partial charge is 0.468 e. The van der Waals surface area contributed by atoms with Crippen molar-refractivity contribution >= 4 is 5.97 Å². The van der Waals surface area contributed by atoms with E-state index in [2.05, 4.69) is 40.1 Å². The van der Waals surface area contributed by atoms with Gasteiger partial charge in [0.25, 0.3) is 0 Å². The average Bonchev–Trinajstić information content (AvgIpc) is 3.30. The second-order valence-electron chi connectivity index (χ2n) is 5.77. The number of piperazine rings is 1. The summed E-state index contributed by atoms with van der Waals surface area (Å²) in [5, 5.41) is 0. The van der Waals surface area contributed by atoms with Crippen molar-refractivity contribution in [3.63, 3.8) is 0 Å². The van der Waals surface area contributed by atoms with E-state index >= 15 is 0 Å². The zero-order valence-electron chi connectivity index (χ0n) is 12.0. The highest BCUT2D eigenvalue weighted by molar-refractivity contribution is 5.84.